The number of carbonyl (C=O) groups is 1. The number of aromatic nitrogens is 2. The first kappa shape index (κ1) is 20.2. The highest BCUT2D eigenvalue weighted by Gasteiger charge is 2.18. The zero-order chi connectivity index (χ0) is 21.1. The van der Waals surface area contributed by atoms with E-state index in [-0.39, 0.29) is 28.6 Å². The SMILES string of the molecule is CCCn1c(SCC(=O)NCc2ccc(F)cc2)nc2c(oc3ccccc32)c1=O. The van der Waals surface area contributed by atoms with Gasteiger partial charge in [0, 0.05) is 18.5 Å². The Hall–Kier alpha value is -3.13. The van der Waals surface area contributed by atoms with Crippen molar-refractivity contribution in [3.8, 4) is 0 Å². The lowest BCUT2D eigenvalue weighted by Gasteiger charge is -2.10. The Labute approximate surface area is 176 Å². The summed E-state index contributed by atoms with van der Waals surface area (Å²) >= 11 is 1.21. The van der Waals surface area contributed by atoms with Crippen molar-refractivity contribution in [3.05, 3.63) is 70.3 Å². The van der Waals surface area contributed by atoms with Gasteiger partial charge in [0.15, 0.2) is 5.16 Å². The molecule has 4 aromatic rings. The molecule has 0 bridgehead atoms. The van der Waals surface area contributed by atoms with Crippen LogP contribution in [0.5, 0.6) is 0 Å². The summed E-state index contributed by atoms with van der Waals surface area (Å²) in [5, 5.41) is 4.06. The van der Waals surface area contributed by atoms with Crippen LogP contribution in [0.4, 0.5) is 4.39 Å². The molecule has 0 fully saturated rings. The van der Waals surface area contributed by atoms with E-state index in [1.165, 1.54) is 23.9 Å². The summed E-state index contributed by atoms with van der Waals surface area (Å²) in [5.41, 5.74) is 1.92. The number of nitrogens with one attached hydrogen (secondary N) is 1. The lowest BCUT2D eigenvalue weighted by molar-refractivity contribution is -0.118. The number of nitrogens with zero attached hydrogens (tertiary/aromatic N) is 2. The van der Waals surface area contributed by atoms with Crippen LogP contribution < -0.4 is 10.9 Å². The average molecular weight is 425 g/mol. The first-order valence-corrected chi connectivity index (χ1v) is 10.6. The Morgan fingerprint density at radius 3 is 2.73 bits per heavy atom. The predicted molar refractivity (Wildman–Crippen MR) is 115 cm³/mol. The Bertz CT molecular complexity index is 1260. The van der Waals surface area contributed by atoms with Crippen molar-refractivity contribution in [1.29, 1.82) is 0 Å². The molecule has 2 aromatic carbocycles. The van der Waals surface area contributed by atoms with Gasteiger partial charge in [-0.05, 0) is 36.2 Å². The number of thioether (sulfide) groups is 1. The molecule has 8 heteroatoms. The quantitative estimate of drug-likeness (QED) is 0.356. The maximum absolute atomic E-state index is 13.0. The summed E-state index contributed by atoms with van der Waals surface area (Å²) in [4.78, 5) is 29.9. The molecule has 0 aliphatic heterocycles. The van der Waals surface area contributed by atoms with Crippen LogP contribution in [-0.4, -0.2) is 21.2 Å². The zero-order valence-corrected chi connectivity index (χ0v) is 17.2. The normalized spacial score (nSPS) is 11.3. The summed E-state index contributed by atoms with van der Waals surface area (Å²) in [6.07, 6.45) is 0.748. The monoisotopic (exact) mass is 425 g/mol. The molecule has 30 heavy (non-hydrogen) atoms. The Morgan fingerprint density at radius 1 is 1.20 bits per heavy atom. The molecule has 0 atom stereocenters. The van der Waals surface area contributed by atoms with Crippen molar-refractivity contribution in [2.75, 3.05) is 5.75 Å². The fourth-order valence-corrected chi connectivity index (χ4v) is 4.02. The van der Waals surface area contributed by atoms with Gasteiger partial charge in [-0.2, -0.15) is 0 Å². The van der Waals surface area contributed by atoms with Crippen LogP contribution in [-0.2, 0) is 17.9 Å². The third-order valence-corrected chi connectivity index (χ3v) is 5.61. The van der Waals surface area contributed by atoms with Crippen LogP contribution in [0.1, 0.15) is 18.9 Å². The van der Waals surface area contributed by atoms with Gasteiger partial charge in [0.2, 0.25) is 11.5 Å². The van der Waals surface area contributed by atoms with Gasteiger partial charge in [-0.15, -0.1) is 0 Å². The Kier molecular flexibility index (Phi) is 5.85. The topological polar surface area (TPSA) is 77.1 Å². The van der Waals surface area contributed by atoms with Crippen molar-refractivity contribution < 1.29 is 13.6 Å². The highest BCUT2D eigenvalue weighted by molar-refractivity contribution is 7.99. The third kappa shape index (κ3) is 4.09. The van der Waals surface area contributed by atoms with Gasteiger partial charge < -0.3 is 9.73 Å². The van der Waals surface area contributed by atoms with E-state index in [9.17, 15) is 14.0 Å². The molecule has 0 aliphatic carbocycles. The second kappa shape index (κ2) is 8.71. The second-order valence-corrected chi connectivity index (χ2v) is 7.76. The van der Waals surface area contributed by atoms with E-state index >= 15 is 0 Å². The van der Waals surface area contributed by atoms with Gasteiger partial charge in [0.05, 0.1) is 5.75 Å². The number of amides is 1. The highest BCUT2D eigenvalue weighted by Crippen LogP contribution is 2.27. The van der Waals surface area contributed by atoms with Crippen molar-refractivity contribution in [1.82, 2.24) is 14.9 Å². The molecule has 2 aromatic heterocycles. The maximum Gasteiger partial charge on any atom is 0.297 e. The summed E-state index contributed by atoms with van der Waals surface area (Å²) in [6, 6.07) is 13.3. The average Bonchev–Trinajstić information content (AvgIpc) is 3.13. The van der Waals surface area contributed by atoms with E-state index < -0.39 is 0 Å². The molecular formula is C22H20FN3O3S. The number of rotatable bonds is 7. The van der Waals surface area contributed by atoms with Crippen molar-refractivity contribution in [2.45, 2.75) is 31.6 Å². The third-order valence-electron chi connectivity index (χ3n) is 4.63. The smallest absolute Gasteiger partial charge is 0.297 e. The van der Waals surface area contributed by atoms with Gasteiger partial charge in [-0.1, -0.05) is 43.0 Å². The van der Waals surface area contributed by atoms with Gasteiger partial charge in [0.25, 0.3) is 5.56 Å². The molecule has 2 heterocycles. The van der Waals surface area contributed by atoms with Gasteiger partial charge in [0.1, 0.15) is 16.9 Å². The molecule has 4 rings (SSSR count). The number of furan rings is 1. The largest absolute Gasteiger partial charge is 0.448 e. The molecule has 6 nitrogen and oxygen atoms in total. The minimum absolute atomic E-state index is 0.110. The summed E-state index contributed by atoms with van der Waals surface area (Å²) in [7, 11) is 0. The fourth-order valence-electron chi connectivity index (χ4n) is 3.17. The number of hydrogen-bond donors (Lipinski definition) is 1. The number of fused-ring (bicyclic) bond motifs is 3. The van der Waals surface area contributed by atoms with E-state index in [1.807, 2.05) is 25.1 Å². The Morgan fingerprint density at radius 2 is 1.97 bits per heavy atom. The summed E-state index contributed by atoms with van der Waals surface area (Å²) in [6.45, 7) is 2.76. The highest BCUT2D eigenvalue weighted by atomic mass is 32.2. The van der Waals surface area contributed by atoms with Crippen LogP contribution in [0.3, 0.4) is 0 Å². The van der Waals surface area contributed by atoms with Crippen LogP contribution in [0, 0.1) is 5.82 Å². The minimum atomic E-state index is -0.317. The number of halogens is 1. The first-order valence-electron chi connectivity index (χ1n) is 9.63. The Balaban J connectivity index is 1.55. The van der Waals surface area contributed by atoms with Crippen molar-refractivity contribution in [3.63, 3.8) is 0 Å². The van der Waals surface area contributed by atoms with Crippen LogP contribution in [0.15, 0.2) is 62.9 Å². The number of carbonyl (C=O) groups excluding carboxylic acids is 1. The number of benzene rings is 2. The minimum Gasteiger partial charge on any atom is -0.448 e. The fraction of sp³-hybridized carbons (Fsp3) is 0.227. The lowest BCUT2D eigenvalue weighted by atomic mass is 10.2. The molecule has 0 aliphatic rings. The van der Waals surface area contributed by atoms with E-state index in [4.69, 9.17) is 4.42 Å². The maximum atomic E-state index is 13.0. The van der Waals surface area contributed by atoms with Gasteiger partial charge >= 0.3 is 0 Å². The summed E-state index contributed by atoms with van der Waals surface area (Å²) < 4.78 is 20.3. The van der Waals surface area contributed by atoms with Crippen molar-refractivity contribution in [2.24, 2.45) is 0 Å². The van der Waals surface area contributed by atoms with E-state index in [0.29, 0.717) is 29.3 Å². The van der Waals surface area contributed by atoms with Crippen molar-refractivity contribution >= 4 is 39.7 Å². The molecule has 1 N–H and O–H groups in total. The second-order valence-electron chi connectivity index (χ2n) is 6.82. The van der Waals surface area contributed by atoms with Crippen LogP contribution in [0.25, 0.3) is 22.1 Å². The van der Waals surface area contributed by atoms with Gasteiger partial charge in [-0.3, -0.25) is 14.2 Å². The molecule has 1 amide bonds. The number of para-hydroxylation sites is 1. The van der Waals surface area contributed by atoms with E-state index in [2.05, 4.69) is 10.3 Å². The molecule has 0 spiro atoms. The number of hydrogen-bond acceptors (Lipinski definition) is 5. The molecule has 0 unspecified atom stereocenters. The van der Waals surface area contributed by atoms with Crippen LogP contribution in [0.2, 0.25) is 0 Å². The zero-order valence-electron chi connectivity index (χ0n) is 16.4. The first-order chi connectivity index (χ1) is 14.6. The molecule has 0 saturated heterocycles. The summed E-state index contributed by atoms with van der Waals surface area (Å²) in [5.74, 6) is -0.403. The van der Waals surface area contributed by atoms with E-state index in [0.717, 1.165) is 17.4 Å². The molecule has 0 saturated carbocycles. The molecular weight excluding hydrogens is 405 g/mol. The van der Waals surface area contributed by atoms with Crippen LogP contribution >= 0.6 is 11.8 Å². The van der Waals surface area contributed by atoms with E-state index in [1.54, 1.807) is 22.8 Å². The molecule has 154 valence electrons. The lowest BCUT2D eigenvalue weighted by Crippen LogP contribution is -2.26. The standard InChI is InChI=1S/C22H20FN3O3S/c1-2-11-26-21(28)20-19(16-5-3-4-6-17(16)29-20)25-22(26)30-13-18(27)24-12-14-7-9-15(23)10-8-14/h3-10H,2,11-13H2,1H3,(H,24,27). The predicted octanol–water partition coefficient (Wildman–Crippen LogP) is 4.10. The van der Waals surface area contributed by atoms with Gasteiger partial charge in [-0.25, -0.2) is 9.37 Å². The molecule has 0 radical (unpaired) electrons.